The van der Waals surface area contributed by atoms with Gasteiger partial charge in [0.1, 0.15) is 5.75 Å². The average molecular weight is 285 g/mol. The molecule has 1 atom stereocenters. The van der Waals surface area contributed by atoms with Gasteiger partial charge in [0.05, 0.1) is 12.5 Å². The van der Waals surface area contributed by atoms with Gasteiger partial charge in [-0.2, -0.15) is 0 Å². The van der Waals surface area contributed by atoms with Crippen LogP contribution in [0.25, 0.3) is 0 Å². The minimum absolute atomic E-state index is 0.0165. The molecule has 5 heteroatoms. The molecule has 0 spiro atoms. The monoisotopic (exact) mass is 285 g/mol. The van der Waals surface area contributed by atoms with E-state index in [9.17, 15) is 14.7 Å². The Bertz CT molecular complexity index is 640. The van der Waals surface area contributed by atoms with E-state index >= 15 is 0 Å². The molecule has 0 aliphatic carbocycles. The largest absolute Gasteiger partial charge is 0.508 e. The molecule has 1 unspecified atom stereocenters. The summed E-state index contributed by atoms with van der Waals surface area (Å²) in [4.78, 5) is 23.1. The van der Waals surface area contributed by atoms with Crippen LogP contribution < -0.4 is 5.32 Å². The molecule has 1 amide bonds. The van der Waals surface area contributed by atoms with Gasteiger partial charge in [0.2, 0.25) is 0 Å². The highest BCUT2D eigenvalue weighted by molar-refractivity contribution is 5.95. The van der Waals surface area contributed by atoms with Crippen molar-refractivity contribution in [2.45, 2.75) is 12.5 Å². The number of amides is 1. The first-order chi connectivity index (χ1) is 10.1. The summed E-state index contributed by atoms with van der Waals surface area (Å²) in [5, 5.41) is 21.0. The summed E-state index contributed by atoms with van der Waals surface area (Å²) in [7, 11) is 0. The highest BCUT2D eigenvalue weighted by atomic mass is 16.4. The summed E-state index contributed by atoms with van der Waals surface area (Å²) < 4.78 is 0. The Morgan fingerprint density at radius 1 is 1.05 bits per heavy atom. The number of aliphatic carboxylic acids is 1. The van der Waals surface area contributed by atoms with E-state index in [2.05, 4.69) is 5.32 Å². The van der Waals surface area contributed by atoms with E-state index in [4.69, 9.17) is 5.11 Å². The topological polar surface area (TPSA) is 86.6 Å². The number of carboxylic acids is 1. The summed E-state index contributed by atoms with van der Waals surface area (Å²) in [6.45, 7) is 0. The first kappa shape index (κ1) is 14.6. The highest BCUT2D eigenvalue weighted by Crippen LogP contribution is 2.18. The van der Waals surface area contributed by atoms with E-state index < -0.39 is 17.9 Å². The lowest BCUT2D eigenvalue weighted by Crippen LogP contribution is -2.30. The zero-order valence-corrected chi connectivity index (χ0v) is 11.2. The molecule has 0 saturated carbocycles. The summed E-state index contributed by atoms with van der Waals surface area (Å²) in [6.07, 6.45) is -0.214. The number of rotatable bonds is 5. The van der Waals surface area contributed by atoms with Crippen molar-refractivity contribution in [3.05, 3.63) is 65.7 Å². The second-order valence-electron chi connectivity index (χ2n) is 4.58. The van der Waals surface area contributed by atoms with Crippen molar-refractivity contribution in [2.24, 2.45) is 0 Å². The third-order valence-corrected chi connectivity index (χ3v) is 2.99. The number of aromatic hydroxyl groups is 1. The van der Waals surface area contributed by atoms with E-state index in [0.29, 0.717) is 5.56 Å². The second-order valence-corrected chi connectivity index (χ2v) is 4.58. The molecule has 108 valence electrons. The zero-order valence-electron chi connectivity index (χ0n) is 11.2. The van der Waals surface area contributed by atoms with Gasteiger partial charge in [0, 0.05) is 5.56 Å². The first-order valence-corrected chi connectivity index (χ1v) is 6.43. The van der Waals surface area contributed by atoms with E-state index in [-0.39, 0.29) is 17.7 Å². The van der Waals surface area contributed by atoms with Crippen LogP contribution in [0.1, 0.15) is 28.4 Å². The van der Waals surface area contributed by atoms with Gasteiger partial charge in [-0.05, 0) is 23.8 Å². The van der Waals surface area contributed by atoms with Gasteiger partial charge in [-0.1, -0.05) is 36.4 Å². The van der Waals surface area contributed by atoms with Crippen LogP contribution in [0.5, 0.6) is 5.75 Å². The second kappa shape index (κ2) is 6.56. The van der Waals surface area contributed by atoms with Crippen molar-refractivity contribution in [3.63, 3.8) is 0 Å². The smallest absolute Gasteiger partial charge is 0.305 e. The van der Waals surface area contributed by atoms with Crippen molar-refractivity contribution in [2.75, 3.05) is 0 Å². The number of hydrogen-bond acceptors (Lipinski definition) is 3. The molecule has 0 fully saturated rings. The third kappa shape index (κ3) is 4.07. The lowest BCUT2D eigenvalue weighted by molar-refractivity contribution is -0.137. The maximum absolute atomic E-state index is 12.1. The Kier molecular flexibility index (Phi) is 4.56. The van der Waals surface area contributed by atoms with Gasteiger partial charge in [-0.3, -0.25) is 9.59 Å². The Labute approximate surface area is 121 Å². The summed E-state index contributed by atoms with van der Waals surface area (Å²) >= 11 is 0. The molecule has 5 nitrogen and oxygen atoms in total. The SMILES string of the molecule is O=C(O)CC(NC(=O)c1cccc(O)c1)c1ccccc1. The molecule has 0 aliphatic rings. The number of carboxylic acid groups (broad SMARTS) is 1. The minimum Gasteiger partial charge on any atom is -0.508 e. The van der Waals surface area contributed by atoms with Crippen LogP contribution in [0.2, 0.25) is 0 Å². The number of phenols is 1. The number of carbonyl (C=O) groups excluding carboxylic acids is 1. The van der Waals surface area contributed by atoms with Crippen molar-refractivity contribution in [3.8, 4) is 5.75 Å². The van der Waals surface area contributed by atoms with Gasteiger partial charge >= 0.3 is 5.97 Å². The van der Waals surface area contributed by atoms with Crippen molar-refractivity contribution >= 4 is 11.9 Å². The summed E-state index contributed by atoms with van der Waals surface area (Å²) in [5.41, 5.74) is 0.995. The molecule has 0 bridgehead atoms. The van der Waals surface area contributed by atoms with E-state index in [1.807, 2.05) is 6.07 Å². The maximum Gasteiger partial charge on any atom is 0.305 e. The Balaban J connectivity index is 2.19. The van der Waals surface area contributed by atoms with Crippen LogP contribution in [0.4, 0.5) is 0 Å². The van der Waals surface area contributed by atoms with Gasteiger partial charge in [-0.15, -0.1) is 0 Å². The first-order valence-electron chi connectivity index (χ1n) is 6.43. The molecule has 0 saturated heterocycles. The molecule has 0 radical (unpaired) electrons. The number of hydrogen-bond donors (Lipinski definition) is 3. The van der Waals surface area contributed by atoms with Crippen molar-refractivity contribution in [1.82, 2.24) is 5.32 Å². The fraction of sp³-hybridized carbons (Fsp3) is 0.125. The molecule has 0 aromatic heterocycles. The lowest BCUT2D eigenvalue weighted by Gasteiger charge is -2.17. The van der Waals surface area contributed by atoms with Crippen LogP contribution in [0.3, 0.4) is 0 Å². The molecule has 2 aromatic rings. The lowest BCUT2D eigenvalue weighted by atomic mass is 10.0. The fourth-order valence-corrected chi connectivity index (χ4v) is 2.00. The predicted octanol–water partition coefficient (Wildman–Crippen LogP) is 2.34. The van der Waals surface area contributed by atoms with Crippen LogP contribution >= 0.6 is 0 Å². The number of carbonyl (C=O) groups is 2. The van der Waals surface area contributed by atoms with Crippen LogP contribution in [0, 0.1) is 0 Å². The highest BCUT2D eigenvalue weighted by Gasteiger charge is 2.18. The van der Waals surface area contributed by atoms with E-state index in [1.54, 1.807) is 36.4 Å². The van der Waals surface area contributed by atoms with Crippen molar-refractivity contribution < 1.29 is 19.8 Å². The number of benzene rings is 2. The Morgan fingerprint density at radius 3 is 2.38 bits per heavy atom. The van der Waals surface area contributed by atoms with Crippen LogP contribution in [0.15, 0.2) is 54.6 Å². The number of nitrogens with one attached hydrogen (secondary N) is 1. The normalized spacial score (nSPS) is 11.6. The minimum atomic E-state index is -1.000. The van der Waals surface area contributed by atoms with Crippen LogP contribution in [-0.4, -0.2) is 22.1 Å². The average Bonchev–Trinajstić information content (AvgIpc) is 2.47. The molecule has 3 N–H and O–H groups in total. The molecule has 0 aliphatic heterocycles. The molecule has 2 rings (SSSR count). The molecular formula is C16H15NO4. The molecule has 2 aromatic carbocycles. The molecule has 21 heavy (non-hydrogen) atoms. The van der Waals surface area contributed by atoms with Gasteiger partial charge in [0.15, 0.2) is 0 Å². The van der Waals surface area contributed by atoms with Gasteiger partial charge in [0.25, 0.3) is 5.91 Å². The summed E-state index contributed by atoms with van der Waals surface area (Å²) in [6, 6.07) is 14.2. The van der Waals surface area contributed by atoms with E-state index in [1.165, 1.54) is 12.1 Å². The number of phenolic OH excluding ortho intramolecular Hbond substituents is 1. The van der Waals surface area contributed by atoms with E-state index in [0.717, 1.165) is 0 Å². The Morgan fingerprint density at radius 2 is 1.76 bits per heavy atom. The Hall–Kier alpha value is -2.82. The molecular weight excluding hydrogens is 270 g/mol. The predicted molar refractivity (Wildman–Crippen MR) is 77.0 cm³/mol. The van der Waals surface area contributed by atoms with Gasteiger partial charge in [-0.25, -0.2) is 0 Å². The zero-order chi connectivity index (χ0) is 15.2. The standard InChI is InChI=1S/C16H15NO4/c18-13-8-4-7-12(9-13)16(21)17-14(10-15(19)20)11-5-2-1-3-6-11/h1-9,14,18H,10H2,(H,17,21)(H,19,20). The van der Waals surface area contributed by atoms with Crippen molar-refractivity contribution in [1.29, 1.82) is 0 Å². The van der Waals surface area contributed by atoms with Crippen LogP contribution in [-0.2, 0) is 4.79 Å². The third-order valence-electron chi connectivity index (χ3n) is 2.99. The summed E-state index contributed by atoms with van der Waals surface area (Å²) in [5.74, 6) is -1.45. The maximum atomic E-state index is 12.1. The fourth-order valence-electron chi connectivity index (χ4n) is 2.00. The quantitative estimate of drug-likeness (QED) is 0.787. The van der Waals surface area contributed by atoms with Gasteiger partial charge < -0.3 is 15.5 Å². The molecule has 0 heterocycles.